The molecule has 28 heavy (non-hydrogen) atoms. The topological polar surface area (TPSA) is 127 Å². The number of nitrogens with zero attached hydrogens (tertiary/aromatic N) is 1. The molecule has 2 N–H and O–H groups in total. The maximum Gasteiger partial charge on any atom is 0.307 e. The first-order chi connectivity index (χ1) is 13.0. The lowest BCUT2D eigenvalue weighted by molar-refractivity contribution is -0.384. The number of nitro groups is 1. The molecular formula is C20H21NO7. The second-order valence-electron chi connectivity index (χ2n) is 7.26. The summed E-state index contributed by atoms with van der Waals surface area (Å²) in [5.41, 5.74) is -0.726. The van der Waals surface area contributed by atoms with Crippen LogP contribution in [0.4, 0.5) is 5.69 Å². The molecular weight excluding hydrogens is 366 g/mol. The van der Waals surface area contributed by atoms with Crippen molar-refractivity contribution in [2.75, 3.05) is 0 Å². The molecule has 148 valence electrons. The SMILES string of the molecule is CC(C)(C)OC(=O)CC(C(=O)c1cc(O)ccc1O)c1ccc([N+](=O)[O-])cc1. The molecule has 0 aliphatic rings. The Labute approximate surface area is 161 Å². The predicted molar refractivity (Wildman–Crippen MR) is 100 cm³/mol. The molecule has 8 heteroatoms. The second-order valence-corrected chi connectivity index (χ2v) is 7.26. The maximum absolute atomic E-state index is 13.0. The number of carbonyl (C=O) groups is 2. The van der Waals surface area contributed by atoms with Gasteiger partial charge in [-0.25, -0.2) is 0 Å². The number of ketones is 1. The van der Waals surface area contributed by atoms with Crippen molar-refractivity contribution in [2.45, 2.75) is 38.7 Å². The van der Waals surface area contributed by atoms with Crippen molar-refractivity contribution >= 4 is 17.4 Å². The number of aromatic hydroxyl groups is 2. The van der Waals surface area contributed by atoms with Gasteiger partial charge in [0, 0.05) is 12.1 Å². The van der Waals surface area contributed by atoms with Crippen LogP contribution in [0.25, 0.3) is 0 Å². The van der Waals surface area contributed by atoms with Crippen molar-refractivity contribution in [3.8, 4) is 11.5 Å². The molecule has 8 nitrogen and oxygen atoms in total. The van der Waals surface area contributed by atoms with Crippen LogP contribution in [-0.2, 0) is 9.53 Å². The summed E-state index contributed by atoms with van der Waals surface area (Å²) >= 11 is 0. The Morgan fingerprint density at radius 3 is 2.25 bits per heavy atom. The number of phenols is 2. The summed E-state index contributed by atoms with van der Waals surface area (Å²) in [6.45, 7) is 5.07. The largest absolute Gasteiger partial charge is 0.508 e. The van der Waals surface area contributed by atoms with E-state index in [0.717, 1.165) is 6.07 Å². The number of phenolic OH excluding ortho intramolecular Hbond substituents is 2. The molecule has 0 bridgehead atoms. The van der Waals surface area contributed by atoms with E-state index in [9.17, 15) is 29.9 Å². The normalized spacial score (nSPS) is 12.2. The summed E-state index contributed by atoms with van der Waals surface area (Å²) in [6, 6.07) is 8.71. The third kappa shape index (κ3) is 5.29. The van der Waals surface area contributed by atoms with Gasteiger partial charge >= 0.3 is 5.97 Å². The van der Waals surface area contributed by atoms with Crippen molar-refractivity contribution in [2.24, 2.45) is 0 Å². The Morgan fingerprint density at radius 1 is 1.11 bits per heavy atom. The third-order valence-electron chi connectivity index (χ3n) is 3.86. The molecule has 0 fully saturated rings. The molecule has 2 rings (SSSR count). The first kappa shape index (κ1) is 20.9. The molecule has 0 aliphatic carbocycles. The van der Waals surface area contributed by atoms with Gasteiger partial charge < -0.3 is 14.9 Å². The second kappa shape index (κ2) is 8.08. The van der Waals surface area contributed by atoms with E-state index in [1.54, 1.807) is 20.8 Å². The minimum atomic E-state index is -1.05. The van der Waals surface area contributed by atoms with Crippen LogP contribution in [0, 0.1) is 10.1 Å². The molecule has 0 saturated carbocycles. The number of Topliss-reactive ketones (excluding diaryl/α,β-unsaturated/α-hetero) is 1. The Balaban J connectivity index is 2.43. The molecule has 0 saturated heterocycles. The van der Waals surface area contributed by atoms with Gasteiger partial charge in [0.15, 0.2) is 5.78 Å². The van der Waals surface area contributed by atoms with E-state index in [2.05, 4.69) is 0 Å². The van der Waals surface area contributed by atoms with Crippen LogP contribution >= 0.6 is 0 Å². The van der Waals surface area contributed by atoms with Crippen molar-refractivity contribution < 1.29 is 29.5 Å². The van der Waals surface area contributed by atoms with Gasteiger partial charge in [0.2, 0.25) is 0 Å². The van der Waals surface area contributed by atoms with Crippen LogP contribution in [0.2, 0.25) is 0 Å². The number of rotatable bonds is 6. The van der Waals surface area contributed by atoms with E-state index < -0.39 is 28.2 Å². The zero-order chi connectivity index (χ0) is 21.1. The highest BCUT2D eigenvalue weighted by atomic mass is 16.6. The van der Waals surface area contributed by atoms with Crippen LogP contribution in [0.15, 0.2) is 42.5 Å². The van der Waals surface area contributed by atoms with Crippen LogP contribution in [0.1, 0.15) is 49.0 Å². The van der Waals surface area contributed by atoms with Crippen molar-refractivity contribution in [1.82, 2.24) is 0 Å². The molecule has 0 heterocycles. The van der Waals surface area contributed by atoms with Gasteiger partial charge in [0.05, 0.1) is 22.8 Å². The zero-order valence-corrected chi connectivity index (χ0v) is 15.7. The monoisotopic (exact) mass is 387 g/mol. The van der Waals surface area contributed by atoms with Crippen LogP contribution in [0.5, 0.6) is 11.5 Å². The van der Waals surface area contributed by atoms with Crippen LogP contribution in [-0.4, -0.2) is 32.5 Å². The number of hydrogen-bond acceptors (Lipinski definition) is 7. The summed E-state index contributed by atoms with van der Waals surface area (Å²) in [4.78, 5) is 35.6. The predicted octanol–water partition coefficient (Wildman–Crippen LogP) is 3.70. The lowest BCUT2D eigenvalue weighted by Crippen LogP contribution is -2.26. The highest BCUT2D eigenvalue weighted by Gasteiger charge is 2.29. The molecule has 0 radical (unpaired) electrons. The van der Waals surface area contributed by atoms with Gasteiger partial charge in [-0.2, -0.15) is 0 Å². The zero-order valence-electron chi connectivity index (χ0n) is 15.7. The van der Waals surface area contributed by atoms with Gasteiger partial charge in [-0.1, -0.05) is 12.1 Å². The van der Waals surface area contributed by atoms with Gasteiger partial charge in [-0.15, -0.1) is 0 Å². The van der Waals surface area contributed by atoms with E-state index in [1.807, 2.05) is 0 Å². The Morgan fingerprint density at radius 2 is 1.71 bits per heavy atom. The molecule has 2 aromatic carbocycles. The first-order valence-corrected chi connectivity index (χ1v) is 8.50. The van der Waals surface area contributed by atoms with E-state index >= 15 is 0 Å². The maximum atomic E-state index is 13.0. The van der Waals surface area contributed by atoms with E-state index in [4.69, 9.17) is 4.74 Å². The first-order valence-electron chi connectivity index (χ1n) is 8.50. The number of benzene rings is 2. The summed E-state index contributed by atoms with van der Waals surface area (Å²) in [5, 5.41) is 30.5. The highest BCUT2D eigenvalue weighted by Crippen LogP contribution is 2.32. The van der Waals surface area contributed by atoms with Gasteiger partial charge in [-0.05, 0) is 44.5 Å². The summed E-state index contributed by atoms with van der Waals surface area (Å²) < 4.78 is 5.28. The molecule has 2 aromatic rings. The Kier molecular flexibility index (Phi) is 6.03. The molecule has 0 aliphatic heterocycles. The molecule has 0 aromatic heterocycles. The van der Waals surface area contributed by atoms with Crippen molar-refractivity contribution in [3.63, 3.8) is 0 Å². The van der Waals surface area contributed by atoms with Crippen molar-refractivity contribution in [1.29, 1.82) is 0 Å². The number of nitro benzene ring substituents is 1. The number of carbonyl (C=O) groups excluding carboxylic acids is 2. The standard InChI is InChI=1S/C20H21NO7/c1-20(2,3)28-18(24)11-15(12-4-6-13(7-5-12)21(26)27)19(25)16-10-14(22)8-9-17(16)23/h4-10,15,22-23H,11H2,1-3H3. The summed E-state index contributed by atoms with van der Waals surface area (Å²) in [6.07, 6.45) is -0.330. The lowest BCUT2D eigenvalue weighted by atomic mass is 9.87. The van der Waals surface area contributed by atoms with Crippen LogP contribution < -0.4 is 0 Å². The molecule has 1 atom stereocenters. The fourth-order valence-electron chi connectivity index (χ4n) is 2.65. The Bertz CT molecular complexity index is 898. The average molecular weight is 387 g/mol. The van der Waals surface area contributed by atoms with E-state index in [0.29, 0.717) is 5.56 Å². The number of esters is 1. The molecule has 0 spiro atoms. The summed E-state index contributed by atoms with van der Waals surface area (Å²) in [5.74, 6) is -2.87. The fraction of sp³-hybridized carbons (Fsp3) is 0.300. The highest BCUT2D eigenvalue weighted by molar-refractivity contribution is 6.04. The number of ether oxygens (including phenoxy) is 1. The number of non-ortho nitro benzene ring substituents is 1. The van der Waals surface area contributed by atoms with Gasteiger partial charge in [-0.3, -0.25) is 19.7 Å². The van der Waals surface area contributed by atoms with E-state index in [-0.39, 0.29) is 29.2 Å². The summed E-state index contributed by atoms with van der Waals surface area (Å²) in [7, 11) is 0. The minimum Gasteiger partial charge on any atom is -0.508 e. The lowest BCUT2D eigenvalue weighted by Gasteiger charge is -2.22. The van der Waals surface area contributed by atoms with Crippen LogP contribution in [0.3, 0.4) is 0 Å². The minimum absolute atomic E-state index is 0.160. The van der Waals surface area contributed by atoms with Gasteiger partial charge in [0.25, 0.3) is 5.69 Å². The van der Waals surface area contributed by atoms with E-state index in [1.165, 1.54) is 36.4 Å². The third-order valence-corrected chi connectivity index (χ3v) is 3.86. The quantitative estimate of drug-likeness (QED) is 0.254. The average Bonchev–Trinajstić information content (AvgIpc) is 2.60. The fourth-order valence-corrected chi connectivity index (χ4v) is 2.65. The van der Waals surface area contributed by atoms with Crippen molar-refractivity contribution in [3.05, 3.63) is 63.7 Å². The number of hydrogen-bond donors (Lipinski definition) is 2. The smallest absolute Gasteiger partial charge is 0.307 e. The molecule has 0 amide bonds. The molecule has 1 unspecified atom stereocenters. The van der Waals surface area contributed by atoms with Gasteiger partial charge in [0.1, 0.15) is 17.1 Å². The Hall–Kier alpha value is -3.42.